The van der Waals surface area contributed by atoms with Crippen LogP contribution in [0.2, 0.25) is 0 Å². The molecule has 0 bridgehead atoms. The molecule has 5 nitrogen and oxygen atoms in total. The van der Waals surface area contributed by atoms with Crippen LogP contribution in [0.5, 0.6) is 0 Å². The number of nitrogens with two attached hydrogens (primary N) is 1. The average molecular weight is 269 g/mol. The lowest BCUT2D eigenvalue weighted by atomic mass is 10.1. The van der Waals surface area contributed by atoms with Crippen molar-refractivity contribution in [3.63, 3.8) is 0 Å². The second-order valence-corrected chi connectivity index (χ2v) is 5.33. The molecular formula is C12H19N3O2S. The number of aromatic nitrogens is 1. The van der Waals surface area contributed by atoms with E-state index in [0.29, 0.717) is 6.54 Å². The third-order valence-corrected chi connectivity index (χ3v) is 4.03. The molecule has 3 unspecified atom stereocenters. The van der Waals surface area contributed by atoms with E-state index in [2.05, 4.69) is 10.3 Å². The van der Waals surface area contributed by atoms with E-state index in [4.69, 9.17) is 10.5 Å². The summed E-state index contributed by atoms with van der Waals surface area (Å²) in [7, 11) is 0. The van der Waals surface area contributed by atoms with Crippen LogP contribution in [0.1, 0.15) is 37.2 Å². The molecule has 1 saturated heterocycles. The van der Waals surface area contributed by atoms with Gasteiger partial charge in [0.15, 0.2) is 0 Å². The number of hydrogen-bond acceptors (Lipinski definition) is 5. The minimum atomic E-state index is -0.354. The molecule has 2 heterocycles. The number of amides is 1. The van der Waals surface area contributed by atoms with E-state index in [-0.39, 0.29) is 24.2 Å². The van der Waals surface area contributed by atoms with E-state index in [1.807, 2.05) is 12.3 Å². The molecule has 0 saturated carbocycles. The second kappa shape index (κ2) is 6.26. The first kappa shape index (κ1) is 13.5. The second-order valence-electron chi connectivity index (χ2n) is 4.40. The summed E-state index contributed by atoms with van der Waals surface area (Å²) in [6, 6.07) is -0.0157. The Labute approximate surface area is 111 Å². The quantitative estimate of drug-likeness (QED) is 0.842. The number of ether oxygens (including phenoxy) is 1. The van der Waals surface area contributed by atoms with Gasteiger partial charge in [-0.3, -0.25) is 4.79 Å². The predicted molar refractivity (Wildman–Crippen MR) is 70.2 cm³/mol. The van der Waals surface area contributed by atoms with Gasteiger partial charge < -0.3 is 15.8 Å². The molecule has 0 aromatic carbocycles. The summed E-state index contributed by atoms with van der Waals surface area (Å²) in [5.41, 5.74) is 5.54. The number of hydrogen-bond donors (Lipinski definition) is 2. The van der Waals surface area contributed by atoms with E-state index in [0.717, 1.165) is 24.3 Å². The first-order chi connectivity index (χ1) is 8.74. The van der Waals surface area contributed by atoms with Gasteiger partial charge >= 0.3 is 0 Å². The van der Waals surface area contributed by atoms with Crippen molar-refractivity contribution in [2.45, 2.75) is 44.4 Å². The third-order valence-electron chi connectivity index (χ3n) is 3.14. The molecule has 1 fully saturated rings. The monoisotopic (exact) mass is 269 g/mol. The summed E-state index contributed by atoms with van der Waals surface area (Å²) in [6.45, 7) is 2.51. The summed E-state index contributed by atoms with van der Waals surface area (Å²) in [6.07, 6.45) is 3.87. The van der Waals surface area contributed by atoms with Crippen molar-refractivity contribution in [1.82, 2.24) is 10.3 Å². The highest BCUT2D eigenvalue weighted by Crippen LogP contribution is 2.22. The average Bonchev–Trinajstić information content (AvgIpc) is 3.05. The zero-order valence-electron chi connectivity index (χ0n) is 10.5. The Balaban J connectivity index is 1.90. The van der Waals surface area contributed by atoms with Crippen LogP contribution in [0, 0.1) is 0 Å². The molecule has 18 heavy (non-hydrogen) atoms. The summed E-state index contributed by atoms with van der Waals surface area (Å²) in [4.78, 5) is 16.3. The van der Waals surface area contributed by atoms with E-state index in [1.165, 1.54) is 0 Å². The molecule has 1 aromatic heterocycles. The zero-order valence-corrected chi connectivity index (χ0v) is 11.3. The van der Waals surface area contributed by atoms with Crippen molar-refractivity contribution >= 4 is 17.2 Å². The Bertz CT molecular complexity index is 383. The summed E-state index contributed by atoms with van der Waals surface area (Å²) in [5.74, 6) is -0.0481. The van der Waals surface area contributed by atoms with Gasteiger partial charge in [-0.15, -0.1) is 11.3 Å². The molecule has 2 rings (SSSR count). The smallest absolute Gasteiger partial charge is 0.249 e. The number of nitrogens with zero attached hydrogens (tertiary/aromatic N) is 1. The largest absolute Gasteiger partial charge is 0.364 e. The first-order valence-electron chi connectivity index (χ1n) is 6.29. The van der Waals surface area contributed by atoms with Crippen LogP contribution < -0.4 is 11.1 Å². The maximum Gasteiger partial charge on any atom is 0.249 e. The van der Waals surface area contributed by atoms with E-state index >= 15 is 0 Å². The van der Waals surface area contributed by atoms with Gasteiger partial charge in [-0.25, -0.2) is 4.98 Å². The standard InChI is InChI=1S/C12H19N3O2S/c1-2-9(12-14-5-6-18-12)15-11(16)10-4-3-8(7-13)17-10/h5-6,8-10H,2-4,7,13H2,1H3,(H,15,16). The number of nitrogens with one attached hydrogen (secondary N) is 1. The van der Waals surface area contributed by atoms with Gasteiger partial charge in [-0.1, -0.05) is 6.92 Å². The maximum absolute atomic E-state index is 12.1. The lowest BCUT2D eigenvalue weighted by Gasteiger charge is -2.18. The molecule has 100 valence electrons. The first-order valence-corrected chi connectivity index (χ1v) is 7.17. The molecule has 0 spiro atoms. The molecule has 0 aliphatic carbocycles. The van der Waals surface area contributed by atoms with Gasteiger partial charge in [0.2, 0.25) is 5.91 Å². The predicted octanol–water partition coefficient (Wildman–Crippen LogP) is 1.22. The van der Waals surface area contributed by atoms with Gasteiger partial charge in [0, 0.05) is 18.1 Å². The number of rotatable bonds is 5. The van der Waals surface area contributed by atoms with Crippen molar-refractivity contribution < 1.29 is 9.53 Å². The lowest BCUT2D eigenvalue weighted by Crippen LogP contribution is -2.37. The summed E-state index contributed by atoms with van der Waals surface area (Å²) >= 11 is 1.56. The van der Waals surface area contributed by atoms with Crippen molar-refractivity contribution in [2.75, 3.05) is 6.54 Å². The van der Waals surface area contributed by atoms with Gasteiger partial charge in [-0.05, 0) is 19.3 Å². The fraction of sp³-hybridized carbons (Fsp3) is 0.667. The normalized spacial score (nSPS) is 25.0. The number of thiazole rings is 1. The van der Waals surface area contributed by atoms with Crippen LogP contribution in [0.15, 0.2) is 11.6 Å². The third kappa shape index (κ3) is 3.07. The highest BCUT2D eigenvalue weighted by molar-refractivity contribution is 7.09. The van der Waals surface area contributed by atoms with Gasteiger partial charge in [0.25, 0.3) is 0 Å². The van der Waals surface area contributed by atoms with Crippen molar-refractivity contribution in [2.24, 2.45) is 5.73 Å². The Hall–Kier alpha value is -0.980. The van der Waals surface area contributed by atoms with Crippen LogP contribution in [0.3, 0.4) is 0 Å². The minimum Gasteiger partial charge on any atom is -0.364 e. The van der Waals surface area contributed by atoms with E-state index < -0.39 is 0 Å². The molecule has 3 N–H and O–H groups in total. The SMILES string of the molecule is CCC(NC(=O)C1CCC(CN)O1)c1nccs1. The fourth-order valence-corrected chi connectivity index (χ4v) is 2.85. The number of carbonyl (C=O) groups excluding carboxylic acids is 1. The van der Waals surface area contributed by atoms with Crippen molar-refractivity contribution in [3.05, 3.63) is 16.6 Å². The Morgan fingerprint density at radius 1 is 1.72 bits per heavy atom. The van der Waals surface area contributed by atoms with Crippen molar-refractivity contribution in [1.29, 1.82) is 0 Å². The Kier molecular flexibility index (Phi) is 4.68. The molecule has 1 aliphatic heterocycles. The molecule has 6 heteroatoms. The molecular weight excluding hydrogens is 250 g/mol. The van der Waals surface area contributed by atoms with E-state index in [1.54, 1.807) is 17.5 Å². The Morgan fingerprint density at radius 3 is 3.11 bits per heavy atom. The highest BCUT2D eigenvalue weighted by atomic mass is 32.1. The highest BCUT2D eigenvalue weighted by Gasteiger charge is 2.31. The molecule has 0 radical (unpaired) electrons. The fourth-order valence-electron chi connectivity index (χ4n) is 2.08. The van der Waals surface area contributed by atoms with Crippen LogP contribution in [-0.4, -0.2) is 29.6 Å². The maximum atomic E-state index is 12.1. The van der Waals surface area contributed by atoms with Crippen LogP contribution >= 0.6 is 11.3 Å². The van der Waals surface area contributed by atoms with Crippen LogP contribution in [-0.2, 0) is 9.53 Å². The van der Waals surface area contributed by atoms with Gasteiger partial charge in [0.1, 0.15) is 11.1 Å². The molecule has 1 aromatic rings. The lowest BCUT2D eigenvalue weighted by molar-refractivity contribution is -0.132. The van der Waals surface area contributed by atoms with E-state index in [9.17, 15) is 4.79 Å². The van der Waals surface area contributed by atoms with Gasteiger partial charge in [0.05, 0.1) is 12.1 Å². The zero-order chi connectivity index (χ0) is 13.0. The molecule has 1 amide bonds. The van der Waals surface area contributed by atoms with Crippen LogP contribution in [0.25, 0.3) is 0 Å². The van der Waals surface area contributed by atoms with Crippen LogP contribution in [0.4, 0.5) is 0 Å². The molecule has 1 aliphatic rings. The minimum absolute atomic E-state index is 0.0157. The summed E-state index contributed by atoms with van der Waals surface area (Å²) < 4.78 is 5.58. The molecule has 3 atom stereocenters. The van der Waals surface area contributed by atoms with Gasteiger partial charge in [-0.2, -0.15) is 0 Å². The van der Waals surface area contributed by atoms with Crippen molar-refractivity contribution in [3.8, 4) is 0 Å². The number of carbonyl (C=O) groups is 1. The topological polar surface area (TPSA) is 77.2 Å². The summed E-state index contributed by atoms with van der Waals surface area (Å²) in [5, 5.41) is 5.86. The Morgan fingerprint density at radius 2 is 2.56 bits per heavy atom.